The quantitative estimate of drug-likeness (QED) is 0.747. The zero-order chi connectivity index (χ0) is 9.31. The van der Waals surface area contributed by atoms with Crippen LogP contribution in [0, 0.1) is 0 Å². The van der Waals surface area contributed by atoms with E-state index in [2.05, 4.69) is 6.07 Å². The monoisotopic (exact) mass is 178 g/mol. The van der Waals surface area contributed by atoms with Crippen molar-refractivity contribution >= 4 is 0 Å². The van der Waals surface area contributed by atoms with Crippen molar-refractivity contribution in [3.63, 3.8) is 0 Å². The van der Waals surface area contributed by atoms with Gasteiger partial charge in [0.25, 0.3) is 0 Å². The third kappa shape index (κ3) is 1.31. The smallest absolute Gasteiger partial charge is 0.136 e. The number of aliphatic hydroxyl groups is 1. The average molecular weight is 178 g/mol. The van der Waals surface area contributed by atoms with Crippen LogP contribution in [0.2, 0.25) is 0 Å². The molecular formula is C11H14O2. The fourth-order valence-electron chi connectivity index (χ4n) is 1.76. The minimum Gasteiger partial charge on any atom is -0.484 e. The maximum atomic E-state index is 9.26. The molecule has 1 aliphatic rings. The van der Waals surface area contributed by atoms with Gasteiger partial charge in [-0.2, -0.15) is 0 Å². The van der Waals surface area contributed by atoms with Crippen LogP contribution in [0.3, 0.4) is 0 Å². The van der Waals surface area contributed by atoms with E-state index in [0.717, 1.165) is 18.6 Å². The minimum atomic E-state index is -0.357. The molecular weight excluding hydrogens is 164 g/mol. The second-order valence-electron chi connectivity index (χ2n) is 3.58. The number of rotatable bonds is 2. The van der Waals surface area contributed by atoms with Crippen molar-refractivity contribution in [3.05, 3.63) is 29.8 Å². The van der Waals surface area contributed by atoms with E-state index in [1.165, 1.54) is 5.56 Å². The maximum absolute atomic E-state index is 9.26. The molecule has 1 heterocycles. The summed E-state index contributed by atoms with van der Waals surface area (Å²) in [6.07, 6.45) is 1.67. The highest BCUT2D eigenvalue weighted by Gasteiger charge is 2.36. The normalized spacial score (nSPS) is 25.4. The lowest BCUT2D eigenvalue weighted by atomic mass is 9.95. The van der Waals surface area contributed by atoms with E-state index in [1.54, 1.807) is 0 Å². The Balaban J connectivity index is 2.30. The first-order valence-corrected chi connectivity index (χ1v) is 4.67. The van der Waals surface area contributed by atoms with E-state index < -0.39 is 0 Å². The van der Waals surface area contributed by atoms with Gasteiger partial charge in [-0.1, -0.05) is 25.1 Å². The summed E-state index contributed by atoms with van der Waals surface area (Å²) >= 11 is 0. The molecule has 1 atom stereocenters. The summed E-state index contributed by atoms with van der Waals surface area (Å²) in [5, 5.41) is 9.26. The van der Waals surface area contributed by atoms with E-state index in [4.69, 9.17) is 4.74 Å². The van der Waals surface area contributed by atoms with Gasteiger partial charge in [0.1, 0.15) is 11.4 Å². The molecule has 1 aromatic rings. The van der Waals surface area contributed by atoms with Crippen LogP contribution in [0.5, 0.6) is 5.75 Å². The van der Waals surface area contributed by atoms with Crippen LogP contribution < -0.4 is 4.74 Å². The Bertz CT molecular complexity index is 276. The molecule has 1 aliphatic heterocycles. The fourth-order valence-corrected chi connectivity index (χ4v) is 1.76. The standard InChI is InChI=1S/C11H14O2/c1-2-11(8-12)7-9-5-3-4-6-10(9)13-11/h3-6,12H,2,7-8H2,1H3. The van der Waals surface area contributed by atoms with Crippen molar-refractivity contribution in [3.8, 4) is 5.75 Å². The van der Waals surface area contributed by atoms with E-state index >= 15 is 0 Å². The van der Waals surface area contributed by atoms with E-state index in [1.807, 2.05) is 25.1 Å². The Labute approximate surface area is 78.2 Å². The highest BCUT2D eigenvalue weighted by Crippen LogP contribution is 2.36. The van der Waals surface area contributed by atoms with E-state index in [0.29, 0.717) is 0 Å². The molecule has 2 nitrogen and oxygen atoms in total. The molecule has 13 heavy (non-hydrogen) atoms. The van der Waals surface area contributed by atoms with Gasteiger partial charge in [0, 0.05) is 6.42 Å². The topological polar surface area (TPSA) is 29.5 Å². The Morgan fingerprint density at radius 2 is 2.23 bits per heavy atom. The van der Waals surface area contributed by atoms with Gasteiger partial charge >= 0.3 is 0 Å². The first-order chi connectivity index (χ1) is 6.29. The highest BCUT2D eigenvalue weighted by atomic mass is 16.5. The number of hydrogen-bond acceptors (Lipinski definition) is 2. The maximum Gasteiger partial charge on any atom is 0.136 e. The number of hydrogen-bond donors (Lipinski definition) is 1. The predicted octanol–water partition coefficient (Wildman–Crippen LogP) is 1.76. The molecule has 1 aromatic carbocycles. The molecule has 0 radical (unpaired) electrons. The lowest BCUT2D eigenvalue weighted by Crippen LogP contribution is -2.37. The van der Waals surface area contributed by atoms with Crippen molar-refractivity contribution in [1.29, 1.82) is 0 Å². The molecule has 1 N–H and O–H groups in total. The largest absolute Gasteiger partial charge is 0.484 e. The van der Waals surface area contributed by atoms with Gasteiger partial charge < -0.3 is 9.84 Å². The zero-order valence-corrected chi connectivity index (χ0v) is 7.79. The van der Waals surface area contributed by atoms with Crippen LogP contribution in [0.1, 0.15) is 18.9 Å². The Kier molecular flexibility index (Phi) is 2.00. The Hall–Kier alpha value is -1.02. The molecule has 0 bridgehead atoms. The summed E-state index contributed by atoms with van der Waals surface area (Å²) in [6, 6.07) is 7.98. The molecule has 2 rings (SSSR count). The van der Waals surface area contributed by atoms with Crippen molar-refractivity contribution in [1.82, 2.24) is 0 Å². The van der Waals surface area contributed by atoms with Crippen LogP contribution in [0.25, 0.3) is 0 Å². The van der Waals surface area contributed by atoms with Crippen LogP contribution in [-0.2, 0) is 6.42 Å². The van der Waals surface area contributed by atoms with Gasteiger partial charge in [-0.25, -0.2) is 0 Å². The number of aliphatic hydroxyl groups excluding tert-OH is 1. The Morgan fingerprint density at radius 3 is 2.85 bits per heavy atom. The van der Waals surface area contributed by atoms with Gasteiger partial charge in [-0.05, 0) is 18.1 Å². The number of para-hydroxylation sites is 1. The first-order valence-electron chi connectivity index (χ1n) is 4.67. The van der Waals surface area contributed by atoms with Crippen molar-refractivity contribution in [2.45, 2.75) is 25.4 Å². The van der Waals surface area contributed by atoms with Crippen LogP contribution in [0.4, 0.5) is 0 Å². The molecule has 0 amide bonds. The zero-order valence-electron chi connectivity index (χ0n) is 7.79. The lowest BCUT2D eigenvalue weighted by molar-refractivity contribution is 0.0249. The van der Waals surface area contributed by atoms with E-state index in [9.17, 15) is 5.11 Å². The highest BCUT2D eigenvalue weighted by molar-refractivity contribution is 5.39. The van der Waals surface area contributed by atoms with Gasteiger partial charge in [-0.3, -0.25) is 0 Å². The SMILES string of the molecule is CCC1(CO)Cc2ccccc2O1. The summed E-state index contributed by atoms with van der Waals surface area (Å²) in [5.74, 6) is 0.929. The van der Waals surface area contributed by atoms with Crippen LogP contribution in [-0.4, -0.2) is 17.3 Å². The van der Waals surface area contributed by atoms with Crippen molar-refractivity contribution in [2.24, 2.45) is 0 Å². The molecule has 0 aliphatic carbocycles. The van der Waals surface area contributed by atoms with Gasteiger partial charge in [-0.15, -0.1) is 0 Å². The summed E-state index contributed by atoms with van der Waals surface area (Å²) in [4.78, 5) is 0. The molecule has 0 aromatic heterocycles. The molecule has 1 unspecified atom stereocenters. The van der Waals surface area contributed by atoms with Crippen molar-refractivity contribution < 1.29 is 9.84 Å². The van der Waals surface area contributed by atoms with Crippen LogP contribution >= 0.6 is 0 Å². The summed E-state index contributed by atoms with van der Waals surface area (Å²) in [5.41, 5.74) is 0.849. The lowest BCUT2D eigenvalue weighted by Gasteiger charge is -2.24. The van der Waals surface area contributed by atoms with Gasteiger partial charge in [0.2, 0.25) is 0 Å². The van der Waals surface area contributed by atoms with Gasteiger partial charge in [0.15, 0.2) is 0 Å². The minimum absolute atomic E-state index is 0.0954. The third-order valence-corrected chi connectivity index (χ3v) is 2.74. The molecule has 0 saturated heterocycles. The second-order valence-corrected chi connectivity index (χ2v) is 3.58. The predicted molar refractivity (Wildman–Crippen MR) is 50.9 cm³/mol. The molecule has 2 heteroatoms. The summed E-state index contributed by atoms with van der Waals surface area (Å²) in [6.45, 7) is 2.14. The number of fused-ring (bicyclic) bond motifs is 1. The summed E-state index contributed by atoms with van der Waals surface area (Å²) in [7, 11) is 0. The Morgan fingerprint density at radius 1 is 1.46 bits per heavy atom. The molecule has 0 saturated carbocycles. The average Bonchev–Trinajstić information content (AvgIpc) is 2.57. The summed E-state index contributed by atoms with van der Waals surface area (Å²) < 4.78 is 5.74. The van der Waals surface area contributed by atoms with Crippen molar-refractivity contribution in [2.75, 3.05) is 6.61 Å². The number of ether oxygens (including phenoxy) is 1. The second kappa shape index (κ2) is 3.04. The number of benzene rings is 1. The first kappa shape index (κ1) is 8.57. The van der Waals surface area contributed by atoms with Crippen LogP contribution in [0.15, 0.2) is 24.3 Å². The van der Waals surface area contributed by atoms with E-state index in [-0.39, 0.29) is 12.2 Å². The fraction of sp³-hybridized carbons (Fsp3) is 0.455. The molecule has 0 spiro atoms. The third-order valence-electron chi connectivity index (χ3n) is 2.74. The molecule has 0 fully saturated rings. The molecule has 70 valence electrons. The van der Waals surface area contributed by atoms with Gasteiger partial charge in [0.05, 0.1) is 6.61 Å².